The van der Waals surface area contributed by atoms with Crippen molar-refractivity contribution in [1.29, 1.82) is 0 Å². The van der Waals surface area contributed by atoms with Gasteiger partial charge in [0.15, 0.2) is 5.85 Å². The van der Waals surface area contributed by atoms with Crippen molar-refractivity contribution in [3.05, 3.63) is 60.2 Å². The van der Waals surface area contributed by atoms with Crippen LogP contribution in [0.3, 0.4) is 0 Å². The maximum absolute atomic E-state index is 13.7. The van der Waals surface area contributed by atoms with Crippen LogP contribution in [0.25, 0.3) is 0 Å². The van der Waals surface area contributed by atoms with E-state index in [9.17, 15) is 9.67 Å². The number of aliphatic hydroxyl groups is 1. The summed E-state index contributed by atoms with van der Waals surface area (Å²) in [5.74, 6) is -0.732. The molecule has 2 aromatic rings. The Morgan fingerprint density at radius 2 is 1.64 bits per heavy atom. The normalized spacial score (nSPS) is 15.0. The molecule has 0 saturated heterocycles. The molecule has 0 amide bonds. The first-order chi connectivity index (χ1) is 11.8. The first-order valence-electron chi connectivity index (χ1n) is 8.60. The van der Waals surface area contributed by atoms with E-state index in [0.29, 0.717) is 23.4 Å². The Balaban J connectivity index is 2.35. The molecule has 2 unspecified atom stereocenters. The molecule has 5 heteroatoms. The number of aliphatic hydroxyl groups excluding tert-OH is 1. The highest BCUT2D eigenvalue weighted by molar-refractivity contribution is 7.67. The zero-order valence-electron chi connectivity index (χ0n) is 15.4. The van der Waals surface area contributed by atoms with Crippen LogP contribution < -0.4 is 10.2 Å². The maximum atomic E-state index is 13.7. The second kappa shape index (κ2) is 8.66. The second-order valence-corrected chi connectivity index (χ2v) is 9.27. The quantitative estimate of drug-likeness (QED) is 0.708. The Hall–Kier alpha value is -1.61. The second-order valence-electron chi connectivity index (χ2n) is 6.81. The fraction of sp³-hybridized carbons (Fsp3) is 0.400. The summed E-state index contributed by atoms with van der Waals surface area (Å²) in [6.07, 6.45) is 0.793. The molecule has 0 aliphatic heterocycles. The summed E-state index contributed by atoms with van der Waals surface area (Å²) in [5, 5.41) is 11.4. The van der Waals surface area contributed by atoms with Crippen molar-refractivity contribution < 1.29 is 14.2 Å². The Morgan fingerprint density at radius 1 is 1.04 bits per heavy atom. The van der Waals surface area contributed by atoms with Gasteiger partial charge in [-0.25, -0.2) is 0 Å². The molecule has 25 heavy (non-hydrogen) atoms. The van der Waals surface area contributed by atoms with Crippen LogP contribution in [0.2, 0.25) is 0 Å². The molecule has 1 N–H and O–H groups in total. The molecule has 2 aromatic carbocycles. The summed E-state index contributed by atoms with van der Waals surface area (Å²) in [6.45, 7) is 4.54. The van der Waals surface area contributed by atoms with Crippen molar-refractivity contribution in [1.82, 2.24) is 0 Å². The highest BCUT2D eigenvalue weighted by Crippen LogP contribution is 2.57. The molecular formula is C20H28NO3P. The lowest BCUT2D eigenvalue weighted by Gasteiger charge is -2.25. The van der Waals surface area contributed by atoms with Crippen molar-refractivity contribution in [2.24, 2.45) is 5.92 Å². The minimum atomic E-state index is -3.45. The van der Waals surface area contributed by atoms with E-state index in [1.165, 1.54) is 0 Å². The Labute approximate surface area is 150 Å². The van der Waals surface area contributed by atoms with Gasteiger partial charge in [0.25, 0.3) is 7.37 Å². The van der Waals surface area contributed by atoms with E-state index in [0.717, 1.165) is 12.1 Å². The molecule has 0 aliphatic carbocycles. The zero-order chi connectivity index (χ0) is 18.4. The molecule has 0 aromatic heterocycles. The van der Waals surface area contributed by atoms with Gasteiger partial charge in [-0.2, -0.15) is 0 Å². The van der Waals surface area contributed by atoms with Crippen molar-refractivity contribution in [2.45, 2.75) is 26.1 Å². The molecule has 0 bridgehead atoms. The van der Waals surface area contributed by atoms with Gasteiger partial charge in [-0.1, -0.05) is 44.2 Å². The highest BCUT2D eigenvalue weighted by Gasteiger charge is 2.36. The van der Waals surface area contributed by atoms with Gasteiger partial charge in [-0.15, -0.1) is 0 Å². The third kappa shape index (κ3) is 4.94. The lowest BCUT2D eigenvalue weighted by Crippen LogP contribution is -2.16. The lowest BCUT2D eigenvalue weighted by molar-refractivity contribution is 0.209. The van der Waals surface area contributed by atoms with Crippen molar-refractivity contribution in [2.75, 3.05) is 25.6 Å². The molecule has 0 spiro atoms. The van der Waals surface area contributed by atoms with Crippen LogP contribution in [0.1, 0.15) is 31.7 Å². The van der Waals surface area contributed by atoms with Crippen molar-refractivity contribution in [3.63, 3.8) is 0 Å². The monoisotopic (exact) mass is 361 g/mol. The summed E-state index contributed by atoms with van der Waals surface area (Å²) >= 11 is 0. The number of hydrogen-bond acceptors (Lipinski definition) is 4. The van der Waals surface area contributed by atoms with Crippen LogP contribution >= 0.6 is 7.37 Å². The van der Waals surface area contributed by atoms with Gasteiger partial charge in [0, 0.05) is 25.1 Å². The van der Waals surface area contributed by atoms with Crippen LogP contribution in [-0.2, 0) is 9.09 Å². The van der Waals surface area contributed by atoms with Crippen LogP contribution in [-0.4, -0.2) is 25.8 Å². The Bertz CT molecular complexity index is 699. The van der Waals surface area contributed by atoms with Crippen LogP contribution in [0.4, 0.5) is 5.69 Å². The number of rotatable bonds is 8. The first-order valence-corrected chi connectivity index (χ1v) is 10.3. The zero-order valence-corrected chi connectivity index (χ0v) is 16.3. The SMILES string of the molecule is CC(C)CCOP(=O)(c1ccc(N(C)C)cc1)C(O)c1ccccc1. The molecule has 0 saturated carbocycles. The predicted octanol–water partition coefficient (Wildman–Crippen LogP) is 4.41. The summed E-state index contributed by atoms with van der Waals surface area (Å²) in [6, 6.07) is 16.4. The van der Waals surface area contributed by atoms with E-state index < -0.39 is 13.2 Å². The van der Waals surface area contributed by atoms with E-state index in [1.807, 2.05) is 49.3 Å². The van der Waals surface area contributed by atoms with Crippen molar-refractivity contribution in [3.8, 4) is 0 Å². The summed E-state index contributed by atoms with van der Waals surface area (Å²) in [5.41, 5.74) is 1.61. The topological polar surface area (TPSA) is 49.8 Å². The summed E-state index contributed by atoms with van der Waals surface area (Å²) in [7, 11) is 0.448. The minimum Gasteiger partial charge on any atom is -0.378 e. The molecule has 4 nitrogen and oxygen atoms in total. The molecule has 136 valence electrons. The molecule has 0 radical (unpaired) electrons. The number of hydrogen-bond donors (Lipinski definition) is 1. The van der Waals surface area contributed by atoms with E-state index in [-0.39, 0.29) is 0 Å². The Kier molecular flexibility index (Phi) is 6.83. The van der Waals surface area contributed by atoms with Crippen LogP contribution in [0.5, 0.6) is 0 Å². The van der Waals surface area contributed by atoms with Gasteiger partial charge < -0.3 is 14.5 Å². The predicted molar refractivity (Wildman–Crippen MR) is 105 cm³/mol. The van der Waals surface area contributed by atoms with E-state index in [2.05, 4.69) is 13.8 Å². The van der Waals surface area contributed by atoms with E-state index in [1.54, 1.807) is 24.3 Å². The van der Waals surface area contributed by atoms with Gasteiger partial charge in [0.05, 0.1) is 6.61 Å². The van der Waals surface area contributed by atoms with Crippen LogP contribution in [0, 0.1) is 5.92 Å². The van der Waals surface area contributed by atoms with Gasteiger partial charge in [-0.3, -0.25) is 4.57 Å². The third-order valence-corrected chi connectivity index (χ3v) is 6.65. The average molecular weight is 361 g/mol. The van der Waals surface area contributed by atoms with Gasteiger partial charge >= 0.3 is 0 Å². The Morgan fingerprint density at radius 3 is 2.16 bits per heavy atom. The summed E-state index contributed by atoms with van der Waals surface area (Å²) in [4.78, 5) is 1.97. The highest BCUT2D eigenvalue weighted by atomic mass is 31.2. The minimum absolute atomic E-state index is 0.355. The summed E-state index contributed by atoms with van der Waals surface area (Å²) < 4.78 is 19.5. The molecule has 0 fully saturated rings. The van der Waals surface area contributed by atoms with Gasteiger partial charge in [0.2, 0.25) is 0 Å². The standard InChI is InChI=1S/C20H28NO3P/c1-16(2)14-15-24-25(23,20(22)17-8-6-5-7-9-17)19-12-10-18(11-13-19)21(3)4/h5-13,16,20,22H,14-15H2,1-4H3. The maximum Gasteiger partial charge on any atom is 0.264 e. The molecule has 0 heterocycles. The molecule has 0 aliphatic rings. The third-order valence-electron chi connectivity index (χ3n) is 4.12. The average Bonchev–Trinajstić information content (AvgIpc) is 2.61. The van der Waals surface area contributed by atoms with Gasteiger partial charge in [0.1, 0.15) is 0 Å². The number of nitrogens with zero attached hydrogens (tertiary/aromatic N) is 1. The largest absolute Gasteiger partial charge is 0.378 e. The smallest absolute Gasteiger partial charge is 0.264 e. The van der Waals surface area contributed by atoms with E-state index in [4.69, 9.17) is 4.52 Å². The number of benzene rings is 2. The first kappa shape index (κ1) is 19.7. The van der Waals surface area contributed by atoms with E-state index >= 15 is 0 Å². The fourth-order valence-corrected chi connectivity index (χ4v) is 4.57. The van der Waals surface area contributed by atoms with Crippen LogP contribution in [0.15, 0.2) is 54.6 Å². The van der Waals surface area contributed by atoms with Crippen molar-refractivity contribution >= 4 is 18.4 Å². The van der Waals surface area contributed by atoms with Gasteiger partial charge in [-0.05, 0) is 42.2 Å². The number of anilines is 1. The molecular weight excluding hydrogens is 333 g/mol. The fourth-order valence-electron chi connectivity index (χ4n) is 2.49. The molecule has 2 atom stereocenters. The molecule has 2 rings (SSSR count). The lowest BCUT2D eigenvalue weighted by atomic mass is 10.2.